The third kappa shape index (κ3) is 3.55. The molecule has 0 saturated heterocycles. The van der Waals surface area contributed by atoms with Gasteiger partial charge in [-0.3, -0.25) is 4.98 Å². The van der Waals surface area contributed by atoms with Crippen LogP contribution in [-0.2, 0) is 5.41 Å². The first-order chi connectivity index (χ1) is 14.4. The summed E-state index contributed by atoms with van der Waals surface area (Å²) in [5.41, 5.74) is 1.77. The van der Waals surface area contributed by atoms with Gasteiger partial charge in [0.2, 0.25) is 0 Å². The van der Waals surface area contributed by atoms with E-state index in [0.29, 0.717) is 22.9 Å². The van der Waals surface area contributed by atoms with E-state index in [4.69, 9.17) is 10.2 Å². The summed E-state index contributed by atoms with van der Waals surface area (Å²) in [6.07, 6.45) is 1.67. The lowest BCUT2D eigenvalue weighted by molar-refractivity contribution is 0.582. The van der Waals surface area contributed by atoms with E-state index in [-0.39, 0.29) is 5.56 Å². The van der Waals surface area contributed by atoms with Crippen molar-refractivity contribution in [2.45, 2.75) is 19.3 Å². The second-order valence-corrected chi connectivity index (χ2v) is 7.30. The summed E-state index contributed by atoms with van der Waals surface area (Å²) >= 11 is 0. The number of rotatable bonds is 4. The lowest BCUT2D eigenvalue weighted by Crippen LogP contribution is -2.23. The average molecular weight is 401 g/mol. The summed E-state index contributed by atoms with van der Waals surface area (Å²) in [4.78, 5) is 9.33. The molecule has 7 heteroatoms. The second-order valence-electron chi connectivity index (χ2n) is 7.30. The third-order valence-electron chi connectivity index (χ3n) is 4.91. The number of nitrogens with zero attached hydrogens (tertiary/aromatic N) is 5. The van der Waals surface area contributed by atoms with Gasteiger partial charge < -0.3 is 0 Å². The van der Waals surface area contributed by atoms with Gasteiger partial charge in [-0.25, -0.2) is 18.4 Å². The van der Waals surface area contributed by atoms with Crippen molar-refractivity contribution >= 4 is 0 Å². The molecule has 3 heterocycles. The minimum Gasteiger partial charge on any atom is -0.252 e. The van der Waals surface area contributed by atoms with Gasteiger partial charge in [0.1, 0.15) is 17.7 Å². The van der Waals surface area contributed by atoms with Crippen molar-refractivity contribution < 1.29 is 8.78 Å². The van der Waals surface area contributed by atoms with Crippen LogP contribution in [0.3, 0.4) is 0 Å². The lowest BCUT2D eigenvalue weighted by Gasteiger charge is -2.24. The molecule has 148 valence electrons. The number of pyridine rings is 2. The van der Waals surface area contributed by atoms with Crippen molar-refractivity contribution in [3.05, 3.63) is 95.6 Å². The Bertz CT molecular complexity index is 1270. The van der Waals surface area contributed by atoms with Crippen molar-refractivity contribution in [1.82, 2.24) is 19.7 Å². The predicted molar refractivity (Wildman–Crippen MR) is 108 cm³/mol. The summed E-state index contributed by atoms with van der Waals surface area (Å²) in [5.74, 6) is -0.723. The maximum atomic E-state index is 14.2. The maximum absolute atomic E-state index is 14.2. The van der Waals surface area contributed by atoms with E-state index >= 15 is 0 Å². The van der Waals surface area contributed by atoms with E-state index < -0.39 is 17.0 Å². The number of halogens is 2. The molecular weight excluding hydrogens is 384 g/mol. The van der Waals surface area contributed by atoms with Crippen LogP contribution >= 0.6 is 0 Å². The maximum Gasteiger partial charge on any atom is 0.162 e. The molecule has 0 amide bonds. The highest BCUT2D eigenvalue weighted by Crippen LogP contribution is 2.31. The van der Waals surface area contributed by atoms with Crippen LogP contribution in [0.25, 0.3) is 17.1 Å². The highest BCUT2D eigenvalue weighted by molar-refractivity contribution is 5.60. The predicted octanol–water partition coefficient (Wildman–Crippen LogP) is 4.81. The zero-order valence-corrected chi connectivity index (χ0v) is 16.3. The Labute approximate surface area is 172 Å². The fraction of sp³-hybridized carbons (Fsp3) is 0.130. The SMILES string of the molecule is CC(C)(c1cccc(-c2ccc(F)cc2F)n1)c1cccc(-n2ccc(C#N)n2)n1. The minimum absolute atomic E-state index is 0.233. The van der Waals surface area contributed by atoms with Gasteiger partial charge in [-0.1, -0.05) is 12.1 Å². The van der Waals surface area contributed by atoms with Crippen molar-refractivity contribution in [1.29, 1.82) is 5.26 Å². The third-order valence-corrected chi connectivity index (χ3v) is 4.91. The lowest BCUT2D eigenvalue weighted by atomic mass is 9.84. The van der Waals surface area contributed by atoms with E-state index in [0.717, 1.165) is 11.8 Å². The zero-order chi connectivity index (χ0) is 21.3. The Morgan fingerprint density at radius 3 is 2.37 bits per heavy atom. The molecule has 0 aliphatic heterocycles. The smallest absolute Gasteiger partial charge is 0.162 e. The molecule has 0 spiro atoms. The molecule has 5 nitrogen and oxygen atoms in total. The highest BCUT2D eigenvalue weighted by Gasteiger charge is 2.27. The van der Waals surface area contributed by atoms with Crippen molar-refractivity contribution in [3.63, 3.8) is 0 Å². The molecule has 0 atom stereocenters. The monoisotopic (exact) mass is 401 g/mol. The first-order valence-corrected chi connectivity index (χ1v) is 9.25. The molecule has 0 N–H and O–H groups in total. The van der Waals surface area contributed by atoms with Crippen LogP contribution in [-0.4, -0.2) is 19.7 Å². The van der Waals surface area contributed by atoms with Crippen molar-refractivity contribution in [2.24, 2.45) is 0 Å². The fourth-order valence-corrected chi connectivity index (χ4v) is 3.17. The summed E-state index contributed by atoms with van der Waals surface area (Å²) in [6.45, 7) is 3.94. The minimum atomic E-state index is -0.662. The Balaban J connectivity index is 1.74. The van der Waals surface area contributed by atoms with Crippen LogP contribution in [0.4, 0.5) is 8.78 Å². The van der Waals surface area contributed by atoms with Gasteiger partial charge >= 0.3 is 0 Å². The van der Waals surface area contributed by atoms with Gasteiger partial charge in [0.15, 0.2) is 11.5 Å². The van der Waals surface area contributed by atoms with Gasteiger partial charge in [0, 0.05) is 23.2 Å². The molecule has 0 aliphatic rings. The Hall–Kier alpha value is -3.92. The van der Waals surface area contributed by atoms with Crippen LogP contribution in [0, 0.1) is 23.0 Å². The van der Waals surface area contributed by atoms with Gasteiger partial charge in [-0.15, -0.1) is 0 Å². The van der Waals surface area contributed by atoms with Crippen LogP contribution in [0.1, 0.15) is 30.9 Å². The van der Waals surface area contributed by atoms with Crippen LogP contribution in [0.5, 0.6) is 0 Å². The number of hydrogen-bond acceptors (Lipinski definition) is 4. The molecule has 0 bridgehead atoms. The van der Waals surface area contributed by atoms with E-state index in [9.17, 15) is 8.78 Å². The van der Waals surface area contributed by atoms with E-state index in [1.54, 1.807) is 30.5 Å². The van der Waals surface area contributed by atoms with E-state index in [2.05, 4.69) is 10.1 Å². The molecule has 4 rings (SSSR count). The number of nitriles is 1. The van der Waals surface area contributed by atoms with Gasteiger partial charge in [0.25, 0.3) is 0 Å². The molecule has 0 aliphatic carbocycles. The molecular formula is C23H17F2N5. The first kappa shape index (κ1) is 19.4. The quantitative estimate of drug-likeness (QED) is 0.492. The molecule has 30 heavy (non-hydrogen) atoms. The average Bonchev–Trinajstić information content (AvgIpc) is 3.23. The molecule has 3 aromatic heterocycles. The standard InChI is InChI=1S/C23H17F2N5/c1-23(2,21-7-4-8-22(28-21)30-12-11-16(14-26)29-30)20-6-3-5-19(27-20)17-10-9-15(24)13-18(17)25/h3-13H,1-2H3. The summed E-state index contributed by atoms with van der Waals surface area (Å²) < 4.78 is 29.0. The van der Waals surface area contributed by atoms with Crippen LogP contribution < -0.4 is 0 Å². The Kier molecular flexibility index (Phi) is 4.84. The molecule has 0 saturated carbocycles. The normalized spacial score (nSPS) is 11.3. The summed E-state index contributed by atoms with van der Waals surface area (Å²) in [6, 6.07) is 17.9. The fourth-order valence-electron chi connectivity index (χ4n) is 3.17. The first-order valence-electron chi connectivity index (χ1n) is 9.25. The van der Waals surface area contributed by atoms with Gasteiger partial charge in [0.05, 0.1) is 17.1 Å². The summed E-state index contributed by atoms with van der Waals surface area (Å²) in [7, 11) is 0. The van der Waals surface area contributed by atoms with Crippen molar-refractivity contribution in [3.8, 4) is 23.1 Å². The summed E-state index contributed by atoms with van der Waals surface area (Å²) in [5, 5.41) is 13.2. The largest absolute Gasteiger partial charge is 0.252 e. The Morgan fingerprint density at radius 1 is 0.933 bits per heavy atom. The van der Waals surface area contributed by atoms with Gasteiger partial charge in [-0.2, -0.15) is 10.4 Å². The van der Waals surface area contributed by atoms with Crippen LogP contribution in [0.2, 0.25) is 0 Å². The van der Waals surface area contributed by atoms with Crippen molar-refractivity contribution in [2.75, 3.05) is 0 Å². The Morgan fingerprint density at radius 2 is 1.67 bits per heavy atom. The molecule has 0 fully saturated rings. The van der Waals surface area contributed by atoms with E-state index in [1.165, 1.54) is 16.8 Å². The molecule has 4 aromatic rings. The number of benzene rings is 1. The highest BCUT2D eigenvalue weighted by atomic mass is 19.1. The topological polar surface area (TPSA) is 67.4 Å². The number of hydrogen-bond donors (Lipinski definition) is 0. The van der Waals surface area contributed by atoms with E-state index in [1.807, 2.05) is 38.1 Å². The molecule has 0 radical (unpaired) electrons. The molecule has 0 unspecified atom stereocenters. The molecule has 1 aromatic carbocycles. The van der Waals surface area contributed by atoms with Crippen LogP contribution in [0.15, 0.2) is 66.9 Å². The number of aromatic nitrogens is 4. The second kappa shape index (κ2) is 7.48. The zero-order valence-electron chi connectivity index (χ0n) is 16.3. The van der Waals surface area contributed by atoms with Gasteiger partial charge in [-0.05, 0) is 56.3 Å².